The minimum Gasteiger partial charge on any atom is -0.492 e. The van der Waals surface area contributed by atoms with Crippen molar-refractivity contribution in [2.45, 2.75) is 135 Å². The molecular formula is C76H126Cl3N9O36S4. The van der Waals surface area contributed by atoms with Gasteiger partial charge in [-0.3, -0.25) is 27.3 Å². The smallest absolute Gasteiger partial charge is 0.394 e. The number of benzene rings is 7. The zero-order chi connectivity index (χ0) is 94.8. The second-order valence-corrected chi connectivity index (χ2v) is 32.0. The van der Waals surface area contributed by atoms with Crippen molar-refractivity contribution in [1.29, 1.82) is 0 Å². The zero-order valence-corrected chi connectivity index (χ0v) is 74.8. The summed E-state index contributed by atoms with van der Waals surface area (Å²) in [7, 11) is -11.2. The van der Waals surface area contributed by atoms with Crippen molar-refractivity contribution in [2.24, 2.45) is 7.05 Å². The van der Waals surface area contributed by atoms with E-state index >= 15 is 0 Å². The normalized spacial score (nSPS) is 15.0. The number of halogens is 3. The Kier molecular flexibility index (Phi) is 56.9. The topological polar surface area (TPSA) is 803 Å². The molecule has 736 valence electrons. The summed E-state index contributed by atoms with van der Waals surface area (Å²) in [6.07, 6.45) is -21.7. The number of hydrogen-bond acceptors (Lipinski definition) is 38. The number of ether oxygens (including phenoxy) is 2. The highest BCUT2D eigenvalue weighted by Gasteiger charge is 2.35. The molecule has 0 fully saturated rings. The van der Waals surface area contributed by atoms with E-state index in [2.05, 4.69) is 0 Å². The summed E-state index contributed by atoms with van der Waals surface area (Å²) in [4.78, 5) is 5.97. The number of aromatic nitrogens is 1. The molecule has 45 nitrogen and oxygen atoms in total. The first-order valence-corrected chi connectivity index (χ1v) is 42.6. The summed E-state index contributed by atoms with van der Waals surface area (Å²) in [5.41, 5.74) is 30.1. The minimum atomic E-state index is -4.67. The van der Waals surface area contributed by atoms with Gasteiger partial charge in [-0.1, -0.05) is 56.8 Å². The molecule has 0 bridgehead atoms. The molecule has 0 spiro atoms. The fourth-order valence-corrected chi connectivity index (χ4v) is 12.7. The lowest BCUT2D eigenvalue weighted by atomic mass is 10.0. The number of likely N-dealkylation sites (N-methyl/N-ethyl adjacent to an activating group) is 3. The maximum absolute atomic E-state index is 11.2. The van der Waals surface area contributed by atoms with Crippen molar-refractivity contribution in [2.75, 3.05) is 129 Å². The summed E-state index contributed by atoms with van der Waals surface area (Å²) in [6.45, 7) is 1.91. The van der Waals surface area contributed by atoms with Crippen molar-refractivity contribution in [3.63, 3.8) is 0 Å². The van der Waals surface area contributed by atoms with Gasteiger partial charge in [0.15, 0.2) is 0 Å². The molecule has 16 unspecified atom stereocenters. The van der Waals surface area contributed by atoms with Gasteiger partial charge < -0.3 is 159 Å². The molecule has 8 rings (SSSR count). The van der Waals surface area contributed by atoms with Crippen LogP contribution in [0.4, 0.5) is 51.2 Å². The summed E-state index contributed by atoms with van der Waals surface area (Å²) in [5.74, 6) is 1.03. The summed E-state index contributed by atoms with van der Waals surface area (Å²) in [6, 6.07) is 39.4. The average Bonchev–Trinajstić information content (AvgIpc) is 1.19. The third-order valence-corrected chi connectivity index (χ3v) is 19.6. The number of nitrogens with two attached hydrogens (primary N) is 4. The minimum absolute atomic E-state index is 0. The van der Waals surface area contributed by atoms with Crippen LogP contribution in [0, 0.1) is 0 Å². The first kappa shape index (κ1) is 124. The molecule has 0 radical (unpaired) electrons. The average molecular weight is 1980 g/mol. The van der Waals surface area contributed by atoms with E-state index in [0.717, 1.165) is 46.5 Å². The fourth-order valence-electron chi connectivity index (χ4n) is 11.3. The van der Waals surface area contributed by atoms with Crippen molar-refractivity contribution in [1.82, 2.24) is 4.57 Å². The predicted octanol–water partition coefficient (Wildman–Crippen LogP) is -1.63. The summed E-state index contributed by atoms with van der Waals surface area (Å²) >= 11 is 0. The van der Waals surface area contributed by atoms with E-state index in [-0.39, 0.29) is 84.5 Å². The molecular weight excluding hydrogens is 1850 g/mol. The van der Waals surface area contributed by atoms with Crippen molar-refractivity contribution < 1.29 is 175 Å². The maximum atomic E-state index is 11.2. The quantitative estimate of drug-likeness (QED) is 0.0155. The number of aliphatic hydroxyl groups is 20. The molecule has 0 aliphatic rings. The van der Waals surface area contributed by atoms with Crippen LogP contribution < -0.4 is 52.0 Å². The molecule has 128 heavy (non-hydrogen) atoms. The molecule has 8 aromatic rings. The highest BCUT2D eigenvalue weighted by atomic mass is 35.5. The molecule has 1 aromatic heterocycles. The second kappa shape index (κ2) is 58.7. The second-order valence-electron chi connectivity index (χ2n) is 27.4. The van der Waals surface area contributed by atoms with Crippen LogP contribution in [0.15, 0.2) is 162 Å². The molecule has 52 heteroatoms. The number of rotatable bonds is 36. The Bertz CT molecular complexity index is 4890. The Morgan fingerprint density at radius 1 is 0.375 bits per heavy atom. The standard InChI is InChI=1S/C20H28N2O6.C16H25N3O5.C16H28N2O6.C13H22N2O5.C10H8O6S2.CH4.3ClH.2H2O4S.2H2/c1-2-28-18-10-14(8-9-15(18)21)22(13-6-4-3-5-7-13)11-16(24)19(26)20(27)17(25)12-23;1-18-6-5-9-11(4-3-10(17)14(9)18)19(2)7-12(21)15(23)16(24)13(22)8-20;1-3-6-24-14-7-10(4-5-11(14)17)18(2)8-12(20)15(22)16(23)13(21)9-19;1-15(9-4-2-8(14)3-5-9)6-10(17)12(19)13(20)11(18)7-16;11-17(12,13)9-5-1-3-7-8(9)4-2-6-10(7)18(14,15)16;;;;;2*1-5(2,3)4;;/h3-10,16-17,19-20,23-27H,2,11-12,21H2,1H3;3-6,12-13,15-16,20-24H,7-8,17H2,1-2H3;4-5,7,12-13,15-16,19-23H,3,6,8-9,17H2,1-2H3;2-5,10-13,16-20H,6-7,14H2,1H3;1-6H,(H,11,12,13)(H,14,15,16);1H4;3*1H;2*(H2,1,2,3,4);2*1H. The first-order chi connectivity index (χ1) is 57.5. The number of hydrogen-bond donors (Lipinski definition) is 30. The number of para-hydroxylation sites is 1. The van der Waals surface area contributed by atoms with Gasteiger partial charge in [-0.05, 0) is 104 Å². The number of nitrogens with zero attached hydrogens (tertiary/aromatic N) is 5. The third-order valence-electron chi connectivity index (χ3n) is 17.8. The predicted molar refractivity (Wildman–Crippen MR) is 489 cm³/mol. The van der Waals surface area contributed by atoms with Crippen molar-refractivity contribution >= 4 is 151 Å². The van der Waals surface area contributed by atoms with E-state index in [1.807, 2.05) is 74.1 Å². The fraction of sp³-hybridized carbons (Fsp3) is 0.447. The monoisotopic (exact) mass is 1970 g/mol. The van der Waals surface area contributed by atoms with E-state index in [4.69, 9.17) is 97.0 Å². The van der Waals surface area contributed by atoms with Crippen LogP contribution in [0.3, 0.4) is 0 Å². The molecule has 34 N–H and O–H groups in total. The zero-order valence-electron chi connectivity index (χ0n) is 69.1. The summed E-state index contributed by atoms with van der Waals surface area (Å²) in [5, 5.41) is 192. The van der Waals surface area contributed by atoms with Gasteiger partial charge in [0.05, 0.1) is 87.1 Å². The number of anilines is 9. The third kappa shape index (κ3) is 41.6. The molecule has 0 aliphatic carbocycles. The van der Waals surface area contributed by atoms with Gasteiger partial charge in [0.1, 0.15) is 101 Å². The van der Waals surface area contributed by atoms with Gasteiger partial charge in [0.25, 0.3) is 20.2 Å². The SMILES string of the molecule is C.CCCOc1cc(N(C)CC(O)C(O)C(O)C(O)CO)ccc1N.CCOc1cc(N(CC(O)C(O)C(O)C(O)CO)c2ccccc2)ccc1N.CN(CC(O)C(O)C(O)C(O)CO)c1ccc(N)c2c1ccn2C.CN(CC(O)C(O)C(O)C(O)CO)c1ccc(N)cc1.Cl.Cl.Cl.O=S(=O)(O)O.O=S(=O)(O)O.O=S(=O)(O)c1cccc2c(S(=O)(=O)O)cccc12.[HH].[HH]. The van der Waals surface area contributed by atoms with Gasteiger partial charge in [0.2, 0.25) is 0 Å². The van der Waals surface area contributed by atoms with Crippen LogP contribution in [0.25, 0.3) is 21.7 Å². The number of fused-ring (bicyclic) bond motifs is 2. The van der Waals surface area contributed by atoms with Gasteiger partial charge in [-0.25, -0.2) is 0 Å². The summed E-state index contributed by atoms with van der Waals surface area (Å²) < 4.78 is 139. The largest absolute Gasteiger partial charge is 0.492 e. The molecule has 7 aromatic carbocycles. The Morgan fingerprint density at radius 2 is 0.703 bits per heavy atom. The van der Waals surface area contributed by atoms with Crippen LogP contribution in [-0.2, 0) is 48.1 Å². The van der Waals surface area contributed by atoms with Crippen LogP contribution in [0.5, 0.6) is 11.5 Å². The van der Waals surface area contributed by atoms with Gasteiger partial charge >= 0.3 is 20.8 Å². The van der Waals surface area contributed by atoms with Gasteiger partial charge in [-0.2, -0.15) is 33.7 Å². The van der Waals surface area contributed by atoms with E-state index in [0.29, 0.717) is 58.8 Å². The molecule has 16 atom stereocenters. The van der Waals surface area contributed by atoms with E-state index < -0.39 is 175 Å². The van der Waals surface area contributed by atoms with E-state index in [1.165, 1.54) is 24.3 Å². The molecule has 0 saturated carbocycles. The van der Waals surface area contributed by atoms with Crippen LogP contribution >= 0.6 is 37.2 Å². The number of aliphatic hydroxyl groups excluding tert-OH is 20. The van der Waals surface area contributed by atoms with Crippen LogP contribution in [0.1, 0.15) is 30.5 Å². The van der Waals surface area contributed by atoms with E-state index in [9.17, 15) is 98.5 Å². The molecule has 0 aliphatic heterocycles. The maximum Gasteiger partial charge on any atom is 0.394 e. The Hall–Kier alpha value is -8.03. The lowest BCUT2D eigenvalue weighted by Crippen LogP contribution is -2.49. The Balaban J connectivity index is -0.000000484. The van der Waals surface area contributed by atoms with Gasteiger partial charge in [-0.15, -0.1) is 37.2 Å². The highest BCUT2D eigenvalue weighted by Crippen LogP contribution is 2.35. The lowest BCUT2D eigenvalue weighted by molar-refractivity contribution is -0.112. The molecule has 0 saturated heterocycles. The molecule has 0 amide bonds. The van der Waals surface area contributed by atoms with Crippen molar-refractivity contribution in [3.8, 4) is 11.5 Å². The van der Waals surface area contributed by atoms with Gasteiger partial charge in [0, 0.05) is 119 Å². The van der Waals surface area contributed by atoms with E-state index in [1.54, 1.807) is 107 Å². The Labute approximate surface area is 761 Å². The highest BCUT2D eigenvalue weighted by molar-refractivity contribution is 7.86. The number of nitrogen functional groups attached to an aromatic ring is 4. The molecule has 1 heterocycles. The van der Waals surface area contributed by atoms with Crippen LogP contribution in [0.2, 0.25) is 0 Å². The van der Waals surface area contributed by atoms with Crippen LogP contribution in [-0.4, -0.2) is 352 Å². The Morgan fingerprint density at radius 3 is 1.07 bits per heavy atom. The lowest BCUT2D eigenvalue weighted by Gasteiger charge is -2.32. The first-order valence-electron chi connectivity index (χ1n) is 36.9. The number of aryl methyl sites for hydroxylation is 1. The van der Waals surface area contributed by atoms with Crippen molar-refractivity contribution in [3.05, 3.63) is 152 Å².